The van der Waals surface area contributed by atoms with Crippen LogP contribution in [0.25, 0.3) is 0 Å². The van der Waals surface area contributed by atoms with Crippen molar-refractivity contribution < 1.29 is 17.3 Å². The van der Waals surface area contributed by atoms with Crippen LogP contribution in [0.2, 0.25) is 0 Å². The maximum atomic E-state index is 10.6. The van der Waals surface area contributed by atoms with Crippen molar-refractivity contribution in [3.8, 4) is 0 Å². The van der Waals surface area contributed by atoms with Gasteiger partial charge in [-0.2, -0.15) is 12.7 Å². The molecule has 0 bridgehead atoms. The second-order valence-corrected chi connectivity index (χ2v) is 4.26. The molecule has 1 rings (SSSR count). The largest absolute Gasteiger partial charge is 0.349 e. The molecule has 0 unspecified atom stereocenters. The molecule has 0 amide bonds. The summed E-state index contributed by atoms with van der Waals surface area (Å²) in [6.45, 7) is 1.64. The van der Waals surface area contributed by atoms with E-state index in [4.69, 9.17) is 0 Å². The highest BCUT2D eigenvalue weighted by molar-refractivity contribution is 7.85. The molecule has 0 saturated heterocycles. The molecule has 0 N–H and O–H groups in total. The van der Waals surface area contributed by atoms with Crippen LogP contribution in [0.1, 0.15) is 6.92 Å². The lowest BCUT2D eigenvalue weighted by atomic mass is 10.5. The molecule has 76 valence electrons. The van der Waals surface area contributed by atoms with Gasteiger partial charge in [-0.1, -0.05) is 6.07 Å². The number of hydrogen-bond donors (Lipinski definition) is 0. The Kier molecular flexibility index (Phi) is 3.19. The van der Waals surface area contributed by atoms with Crippen LogP contribution in [0, 0.1) is 0 Å². The molecule has 0 aromatic carbocycles. The lowest BCUT2D eigenvalue weighted by molar-refractivity contribution is -0.557. The van der Waals surface area contributed by atoms with E-state index in [9.17, 15) is 8.42 Å². The van der Waals surface area contributed by atoms with E-state index in [1.165, 1.54) is 0 Å². The number of hydrogen-bond acceptors (Lipinski definition) is 4. The van der Waals surface area contributed by atoms with Gasteiger partial charge in [-0.3, -0.25) is 0 Å². The van der Waals surface area contributed by atoms with E-state index in [0.717, 1.165) is 6.26 Å². The molecule has 0 aliphatic rings. The maximum Gasteiger partial charge on any atom is 0.349 e. The molecule has 1 heterocycles. The molecule has 0 saturated carbocycles. The molecular formula is C8H11N2O3S+. The van der Waals surface area contributed by atoms with Crippen LogP contribution < -0.4 is 4.57 Å². The summed E-state index contributed by atoms with van der Waals surface area (Å²) in [5.74, 6) is 0.441. The van der Waals surface area contributed by atoms with Crippen molar-refractivity contribution in [3.05, 3.63) is 30.6 Å². The van der Waals surface area contributed by atoms with E-state index in [0.29, 0.717) is 5.84 Å². The van der Waals surface area contributed by atoms with Gasteiger partial charge in [-0.05, 0) is 12.1 Å². The van der Waals surface area contributed by atoms with Crippen molar-refractivity contribution in [2.24, 2.45) is 5.16 Å². The van der Waals surface area contributed by atoms with E-state index >= 15 is 0 Å². The van der Waals surface area contributed by atoms with Crippen molar-refractivity contribution in [1.29, 1.82) is 0 Å². The molecule has 5 nitrogen and oxygen atoms in total. The van der Waals surface area contributed by atoms with Crippen molar-refractivity contribution in [2.45, 2.75) is 6.92 Å². The Balaban J connectivity index is 2.81. The zero-order valence-electron chi connectivity index (χ0n) is 7.91. The molecule has 1 aromatic rings. The van der Waals surface area contributed by atoms with Gasteiger partial charge in [0.05, 0.1) is 18.6 Å². The SMILES string of the molecule is C/C(=N/OS(C)(=O)=O)[n+]1ccccc1. The van der Waals surface area contributed by atoms with Gasteiger partial charge in [-0.15, -0.1) is 0 Å². The van der Waals surface area contributed by atoms with Crippen molar-refractivity contribution >= 4 is 16.0 Å². The Morgan fingerprint density at radius 1 is 1.29 bits per heavy atom. The van der Waals surface area contributed by atoms with Crippen molar-refractivity contribution in [3.63, 3.8) is 0 Å². The molecule has 0 spiro atoms. The molecule has 0 fully saturated rings. The third kappa shape index (κ3) is 3.53. The second kappa shape index (κ2) is 4.19. The summed E-state index contributed by atoms with van der Waals surface area (Å²) in [7, 11) is -3.53. The molecule has 0 aliphatic carbocycles. The van der Waals surface area contributed by atoms with Crippen molar-refractivity contribution in [1.82, 2.24) is 0 Å². The average molecular weight is 215 g/mol. The van der Waals surface area contributed by atoms with E-state index in [1.54, 1.807) is 36.0 Å². The fourth-order valence-corrected chi connectivity index (χ4v) is 1.03. The van der Waals surface area contributed by atoms with Crippen molar-refractivity contribution in [2.75, 3.05) is 6.26 Å². The summed E-state index contributed by atoms with van der Waals surface area (Å²) in [6, 6.07) is 5.46. The normalized spacial score (nSPS) is 12.6. The minimum atomic E-state index is -3.53. The van der Waals surface area contributed by atoms with Crippen LogP contribution in [0.4, 0.5) is 0 Å². The molecular weight excluding hydrogens is 204 g/mol. The second-order valence-electron chi connectivity index (χ2n) is 2.70. The number of aromatic nitrogens is 1. The first-order chi connectivity index (χ1) is 6.49. The third-order valence-electron chi connectivity index (χ3n) is 1.39. The zero-order valence-corrected chi connectivity index (χ0v) is 8.73. The average Bonchev–Trinajstić information content (AvgIpc) is 2.14. The Morgan fingerprint density at radius 2 is 1.86 bits per heavy atom. The monoisotopic (exact) mass is 215 g/mol. The number of oxime groups is 1. The summed E-state index contributed by atoms with van der Waals surface area (Å²) in [5, 5.41) is 3.46. The van der Waals surface area contributed by atoms with Gasteiger partial charge in [0.2, 0.25) is 0 Å². The smallest absolute Gasteiger partial charge is 0.204 e. The quantitative estimate of drug-likeness (QED) is 0.305. The standard InChI is InChI=1S/C8H11N2O3S/c1-8(9-13-14(2,11)12)10-6-4-3-5-7-10/h3-7H,1-2H3/q+1/b9-8-. The fourth-order valence-electron chi connectivity index (χ4n) is 0.783. The van der Waals surface area contributed by atoms with E-state index in [2.05, 4.69) is 9.44 Å². The molecule has 6 heteroatoms. The Labute approximate surface area is 82.8 Å². The third-order valence-corrected chi connectivity index (χ3v) is 1.74. The van der Waals surface area contributed by atoms with Crippen LogP contribution in [-0.2, 0) is 14.4 Å². The van der Waals surface area contributed by atoms with Gasteiger partial charge in [0, 0.05) is 6.92 Å². The highest BCUT2D eigenvalue weighted by atomic mass is 32.2. The molecule has 0 radical (unpaired) electrons. The van der Waals surface area contributed by atoms with Gasteiger partial charge in [-0.25, -0.2) is 4.57 Å². The highest BCUT2D eigenvalue weighted by Crippen LogP contribution is 1.87. The number of nitrogens with zero attached hydrogens (tertiary/aromatic N) is 2. The first-order valence-electron chi connectivity index (χ1n) is 3.89. The van der Waals surface area contributed by atoms with E-state index in [1.807, 2.05) is 6.07 Å². The lowest BCUT2D eigenvalue weighted by Crippen LogP contribution is -2.40. The summed E-state index contributed by atoms with van der Waals surface area (Å²) in [6.07, 6.45) is 4.42. The highest BCUT2D eigenvalue weighted by Gasteiger charge is 2.09. The number of rotatable bonds is 2. The first kappa shape index (κ1) is 10.6. The lowest BCUT2D eigenvalue weighted by Gasteiger charge is -1.92. The summed E-state index contributed by atoms with van der Waals surface area (Å²) in [5.41, 5.74) is 0. The Bertz CT molecular complexity index is 425. The predicted octanol–water partition coefficient (Wildman–Crippen LogP) is 0.132. The minimum absolute atomic E-state index is 0.441. The summed E-state index contributed by atoms with van der Waals surface area (Å²) >= 11 is 0. The molecule has 0 aliphatic heterocycles. The van der Waals surface area contributed by atoms with Crippen LogP contribution in [-0.4, -0.2) is 20.5 Å². The van der Waals surface area contributed by atoms with Crippen LogP contribution >= 0.6 is 0 Å². The molecule has 0 atom stereocenters. The van der Waals surface area contributed by atoms with Gasteiger partial charge < -0.3 is 0 Å². The summed E-state index contributed by atoms with van der Waals surface area (Å²) < 4.78 is 27.2. The summed E-state index contributed by atoms with van der Waals surface area (Å²) in [4.78, 5) is 0. The topological polar surface area (TPSA) is 59.6 Å². The Hall–Kier alpha value is -1.43. The van der Waals surface area contributed by atoms with Crippen LogP contribution in [0.3, 0.4) is 0 Å². The Morgan fingerprint density at radius 3 is 2.36 bits per heavy atom. The number of pyridine rings is 1. The minimum Gasteiger partial charge on any atom is -0.204 e. The van der Waals surface area contributed by atoms with Crippen LogP contribution in [0.15, 0.2) is 35.7 Å². The first-order valence-corrected chi connectivity index (χ1v) is 5.70. The maximum absolute atomic E-state index is 10.6. The fraction of sp³-hybridized carbons (Fsp3) is 0.250. The van der Waals surface area contributed by atoms with Gasteiger partial charge in [0.1, 0.15) is 0 Å². The van der Waals surface area contributed by atoms with E-state index < -0.39 is 10.1 Å². The molecule has 1 aromatic heterocycles. The predicted molar refractivity (Wildman–Crippen MR) is 51.1 cm³/mol. The zero-order chi connectivity index (χ0) is 10.6. The van der Waals surface area contributed by atoms with E-state index in [-0.39, 0.29) is 0 Å². The van der Waals surface area contributed by atoms with Gasteiger partial charge in [0.15, 0.2) is 5.16 Å². The van der Waals surface area contributed by atoms with Crippen LogP contribution in [0.5, 0.6) is 0 Å². The molecule has 14 heavy (non-hydrogen) atoms. The van der Waals surface area contributed by atoms with Gasteiger partial charge >= 0.3 is 16.0 Å². The van der Waals surface area contributed by atoms with Gasteiger partial charge in [0.25, 0.3) is 0 Å².